The van der Waals surface area contributed by atoms with E-state index < -0.39 is 17.8 Å². The number of hydrogen-bond donors (Lipinski definition) is 2. The van der Waals surface area contributed by atoms with Crippen molar-refractivity contribution in [2.75, 3.05) is 13.7 Å². The molecule has 40 heavy (non-hydrogen) atoms. The van der Waals surface area contributed by atoms with E-state index >= 15 is 0 Å². The van der Waals surface area contributed by atoms with Gasteiger partial charge in [-0.25, -0.2) is 0 Å². The predicted octanol–water partition coefficient (Wildman–Crippen LogP) is 4.98. The molecule has 9 nitrogen and oxygen atoms in total. The molecule has 1 aliphatic rings. The SMILES string of the molecule is COc1cc(/C=C2/SC(=S)N(NC(=O)c3ccc(OCc4ccc(C)cc4)cc3)C2=O)ccc1OCCC(=O)O. The number of benzene rings is 3. The van der Waals surface area contributed by atoms with Gasteiger partial charge in [-0.15, -0.1) is 0 Å². The zero-order chi connectivity index (χ0) is 28.6. The second kappa shape index (κ2) is 13.1. The smallest absolute Gasteiger partial charge is 0.306 e. The van der Waals surface area contributed by atoms with Crippen LogP contribution in [0.5, 0.6) is 17.2 Å². The van der Waals surface area contributed by atoms with Crippen molar-refractivity contribution in [1.29, 1.82) is 0 Å². The van der Waals surface area contributed by atoms with Gasteiger partial charge in [-0.1, -0.05) is 47.7 Å². The molecule has 0 radical (unpaired) electrons. The minimum atomic E-state index is -0.968. The Labute approximate surface area is 240 Å². The van der Waals surface area contributed by atoms with Gasteiger partial charge in [-0.05, 0) is 72.7 Å². The second-order valence-corrected chi connectivity index (χ2v) is 10.3. The van der Waals surface area contributed by atoms with E-state index in [2.05, 4.69) is 5.43 Å². The van der Waals surface area contributed by atoms with Crippen LogP contribution in [0.4, 0.5) is 0 Å². The van der Waals surface area contributed by atoms with E-state index in [0.717, 1.165) is 22.3 Å². The average Bonchev–Trinajstić information content (AvgIpc) is 3.20. The summed E-state index contributed by atoms with van der Waals surface area (Å²) < 4.78 is 16.8. The van der Waals surface area contributed by atoms with Crippen molar-refractivity contribution in [3.63, 3.8) is 0 Å². The van der Waals surface area contributed by atoms with Crippen LogP contribution in [-0.2, 0) is 16.2 Å². The molecule has 3 aromatic carbocycles. The number of nitrogens with zero attached hydrogens (tertiary/aromatic N) is 1. The lowest BCUT2D eigenvalue weighted by Gasteiger charge is -2.16. The Kier molecular flexibility index (Phi) is 9.41. The van der Waals surface area contributed by atoms with Crippen molar-refractivity contribution in [1.82, 2.24) is 10.4 Å². The minimum absolute atomic E-state index is 0.00737. The first-order valence-electron chi connectivity index (χ1n) is 12.1. The van der Waals surface area contributed by atoms with Crippen LogP contribution in [0.3, 0.4) is 0 Å². The number of rotatable bonds is 11. The molecular weight excluding hydrogens is 552 g/mol. The third-order valence-corrected chi connectivity index (χ3v) is 7.01. The van der Waals surface area contributed by atoms with E-state index in [0.29, 0.717) is 39.9 Å². The quantitative estimate of drug-likeness (QED) is 0.240. The van der Waals surface area contributed by atoms with Crippen LogP contribution in [-0.4, -0.2) is 45.9 Å². The summed E-state index contributed by atoms with van der Waals surface area (Å²) in [5, 5.41) is 9.82. The van der Waals surface area contributed by atoms with Crippen LogP contribution in [0.15, 0.2) is 71.6 Å². The maximum absolute atomic E-state index is 13.0. The van der Waals surface area contributed by atoms with Crippen LogP contribution in [0.2, 0.25) is 0 Å². The van der Waals surface area contributed by atoms with Crippen molar-refractivity contribution in [3.05, 3.63) is 93.9 Å². The number of hydrogen-bond acceptors (Lipinski definition) is 8. The van der Waals surface area contributed by atoms with Crippen molar-refractivity contribution in [3.8, 4) is 17.2 Å². The van der Waals surface area contributed by atoms with Gasteiger partial charge in [0.05, 0.1) is 25.0 Å². The van der Waals surface area contributed by atoms with Crippen molar-refractivity contribution in [2.45, 2.75) is 20.0 Å². The largest absolute Gasteiger partial charge is 0.493 e. The molecule has 0 saturated carbocycles. The average molecular weight is 579 g/mol. The number of ether oxygens (including phenoxy) is 3. The molecule has 0 aromatic heterocycles. The van der Waals surface area contributed by atoms with E-state index in [1.807, 2.05) is 31.2 Å². The van der Waals surface area contributed by atoms with Gasteiger partial charge in [0, 0.05) is 5.56 Å². The normalized spacial score (nSPS) is 13.8. The highest BCUT2D eigenvalue weighted by Crippen LogP contribution is 2.34. The fourth-order valence-electron chi connectivity index (χ4n) is 3.58. The number of aliphatic carboxylic acids is 1. The number of thioether (sulfide) groups is 1. The van der Waals surface area contributed by atoms with Gasteiger partial charge in [0.25, 0.3) is 11.8 Å². The van der Waals surface area contributed by atoms with Crippen LogP contribution < -0.4 is 19.6 Å². The Hall–Kier alpha value is -4.35. The van der Waals surface area contributed by atoms with Gasteiger partial charge in [-0.3, -0.25) is 19.8 Å². The molecule has 4 rings (SSSR count). The van der Waals surface area contributed by atoms with Crippen molar-refractivity contribution < 1.29 is 33.7 Å². The molecule has 1 fully saturated rings. The van der Waals surface area contributed by atoms with Crippen LogP contribution in [0.1, 0.15) is 33.5 Å². The van der Waals surface area contributed by atoms with E-state index in [1.54, 1.807) is 48.5 Å². The van der Waals surface area contributed by atoms with Gasteiger partial charge < -0.3 is 19.3 Å². The number of hydrazine groups is 1. The third kappa shape index (κ3) is 7.39. The number of carboxylic acids is 1. The van der Waals surface area contributed by atoms with Gasteiger partial charge in [0.1, 0.15) is 12.4 Å². The first kappa shape index (κ1) is 28.7. The van der Waals surface area contributed by atoms with Crippen molar-refractivity contribution >= 4 is 52.2 Å². The van der Waals surface area contributed by atoms with Gasteiger partial charge in [0.15, 0.2) is 15.8 Å². The Morgan fingerprint density at radius 2 is 1.75 bits per heavy atom. The highest BCUT2D eigenvalue weighted by atomic mass is 32.2. The molecule has 0 spiro atoms. The van der Waals surface area contributed by atoms with E-state index in [4.69, 9.17) is 31.5 Å². The Bertz CT molecular complexity index is 1450. The van der Waals surface area contributed by atoms with Gasteiger partial charge in [-0.2, -0.15) is 5.01 Å². The first-order valence-corrected chi connectivity index (χ1v) is 13.4. The summed E-state index contributed by atoms with van der Waals surface area (Å²) in [6.07, 6.45) is 1.47. The molecule has 1 aliphatic heterocycles. The zero-order valence-corrected chi connectivity index (χ0v) is 23.3. The molecule has 0 bridgehead atoms. The van der Waals surface area contributed by atoms with Crippen LogP contribution in [0, 0.1) is 6.92 Å². The molecule has 3 aromatic rings. The summed E-state index contributed by atoms with van der Waals surface area (Å²) in [6, 6.07) is 19.6. The number of amides is 2. The number of carboxylic acid groups (broad SMARTS) is 1. The lowest BCUT2D eigenvalue weighted by molar-refractivity contribution is -0.137. The minimum Gasteiger partial charge on any atom is -0.493 e. The molecule has 1 heterocycles. The number of nitrogens with one attached hydrogen (secondary N) is 1. The summed E-state index contributed by atoms with van der Waals surface area (Å²) in [4.78, 5) is 36.9. The Balaban J connectivity index is 1.37. The number of carbonyl (C=O) groups is 3. The maximum atomic E-state index is 13.0. The van der Waals surface area contributed by atoms with Crippen LogP contribution >= 0.6 is 24.0 Å². The maximum Gasteiger partial charge on any atom is 0.306 e. The molecule has 2 amide bonds. The number of thiocarbonyl (C=S) groups is 1. The standard InChI is InChI=1S/C29H26N2O7S2/c1-18-3-5-19(6-4-18)17-38-22-10-8-21(9-11-22)27(34)30-31-28(35)25(40-29(31)39)16-20-7-12-23(24(15-20)36-2)37-14-13-26(32)33/h3-12,15-16H,13-14,17H2,1-2H3,(H,30,34)(H,32,33)/b25-16+. The van der Waals surface area contributed by atoms with E-state index in [-0.39, 0.29) is 17.3 Å². The monoisotopic (exact) mass is 578 g/mol. The number of carbonyl (C=O) groups excluding carboxylic acids is 2. The number of aryl methyl sites for hydroxylation is 1. The summed E-state index contributed by atoms with van der Waals surface area (Å²) in [5.41, 5.74) is 5.75. The molecule has 206 valence electrons. The summed E-state index contributed by atoms with van der Waals surface area (Å²) in [5.74, 6) is -0.556. The zero-order valence-electron chi connectivity index (χ0n) is 21.7. The van der Waals surface area contributed by atoms with Crippen LogP contribution in [0.25, 0.3) is 6.08 Å². The number of methoxy groups -OCH3 is 1. The lowest BCUT2D eigenvalue weighted by Crippen LogP contribution is -2.44. The summed E-state index contributed by atoms with van der Waals surface area (Å²) >= 11 is 6.38. The summed E-state index contributed by atoms with van der Waals surface area (Å²) in [6.45, 7) is 2.42. The molecule has 0 aliphatic carbocycles. The molecule has 11 heteroatoms. The van der Waals surface area contributed by atoms with Gasteiger partial charge in [0.2, 0.25) is 0 Å². The predicted molar refractivity (Wildman–Crippen MR) is 155 cm³/mol. The second-order valence-electron chi connectivity index (χ2n) is 8.66. The highest BCUT2D eigenvalue weighted by molar-refractivity contribution is 8.26. The van der Waals surface area contributed by atoms with Gasteiger partial charge >= 0.3 is 5.97 Å². The fourth-order valence-corrected chi connectivity index (χ4v) is 4.76. The molecule has 0 unspecified atom stereocenters. The molecule has 2 N–H and O–H groups in total. The molecular formula is C29H26N2O7S2. The lowest BCUT2D eigenvalue weighted by atomic mass is 10.2. The fraction of sp³-hybridized carbons (Fsp3) is 0.172. The highest BCUT2D eigenvalue weighted by Gasteiger charge is 2.33. The first-order chi connectivity index (χ1) is 19.2. The van der Waals surface area contributed by atoms with E-state index in [9.17, 15) is 14.4 Å². The van der Waals surface area contributed by atoms with Crippen molar-refractivity contribution in [2.24, 2.45) is 0 Å². The topological polar surface area (TPSA) is 114 Å². The Morgan fingerprint density at radius 1 is 1.02 bits per heavy atom. The van der Waals surface area contributed by atoms with E-state index in [1.165, 1.54) is 12.7 Å². The molecule has 1 saturated heterocycles. The Morgan fingerprint density at radius 3 is 2.42 bits per heavy atom. The summed E-state index contributed by atoms with van der Waals surface area (Å²) in [7, 11) is 1.46. The molecule has 0 atom stereocenters. The third-order valence-electron chi connectivity index (χ3n) is 5.71.